The van der Waals surface area contributed by atoms with Gasteiger partial charge in [-0.05, 0) is 122 Å². The van der Waals surface area contributed by atoms with E-state index in [9.17, 15) is 9.59 Å². The second kappa shape index (κ2) is 14.3. The average molecular weight is 670 g/mol. The first-order chi connectivity index (χ1) is 24.5. The molecule has 242 valence electrons. The first-order valence-electron chi connectivity index (χ1n) is 18.0. The van der Waals surface area contributed by atoms with Crippen molar-refractivity contribution in [3.8, 4) is 0 Å². The molecule has 2 aliphatic rings. The van der Waals surface area contributed by atoms with Gasteiger partial charge in [0.2, 0.25) is 0 Å². The number of nitrogens with one attached hydrogen (secondary N) is 2. The van der Waals surface area contributed by atoms with Gasteiger partial charge in [0.05, 0.1) is 37.0 Å². The highest BCUT2D eigenvalue weighted by Gasteiger charge is 2.22. The lowest BCUT2D eigenvalue weighted by Crippen LogP contribution is -2.02. The van der Waals surface area contributed by atoms with Gasteiger partial charge >= 0.3 is 11.9 Å². The molecule has 2 N–H and O–H groups in total. The summed E-state index contributed by atoms with van der Waals surface area (Å²) in [4.78, 5) is 41.2. The predicted octanol–water partition coefficient (Wildman–Crippen LogP) is 8.26. The minimum absolute atomic E-state index is 0.00129. The quantitative estimate of drug-likeness (QED) is 0.166. The molecule has 8 nitrogen and oxygen atoms in total. The van der Waals surface area contributed by atoms with Crippen molar-refractivity contribution in [2.75, 3.05) is 26.0 Å². The number of carbonyl (C=O) groups excluding carboxylic acids is 2. The standard InChI is InChI=1S/C36H40Cl2N4O4/c1-19-23(7-9-35(43)45-5)33-18-34-24(8-10-36(44)46-6)20(2)29(42-34)16-32-26(12-14-38)22(4)30(41-32)17-31-25(11-13-37)21(3)28(39-31)15-27(19)40-33/h15-18,40-41H,7-14H2,1-6H3/i2D3,3D3. The van der Waals surface area contributed by atoms with Gasteiger partial charge in [-0.25, -0.2) is 9.97 Å². The third kappa shape index (κ3) is 6.65. The van der Waals surface area contributed by atoms with Gasteiger partial charge in [-0.2, -0.15) is 0 Å². The summed E-state index contributed by atoms with van der Waals surface area (Å²) < 4.78 is 61.1. The van der Waals surface area contributed by atoms with Gasteiger partial charge in [0, 0.05) is 54.9 Å². The number of methoxy groups -OCH3 is 2. The Morgan fingerprint density at radius 2 is 1.11 bits per heavy atom. The van der Waals surface area contributed by atoms with Crippen LogP contribution in [0.1, 0.15) is 92.6 Å². The van der Waals surface area contributed by atoms with E-state index >= 15 is 0 Å². The number of allylic oxidation sites excluding steroid dienone is 4. The number of rotatable bonds is 10. The van der Waals surface area contributed by atoms with Crippen molar-refractivity contribution in [2.24, 2.45) is 0 Å². The molecule has 0 amide bonds. The van der Waals surface area contributed by atoms with Gasteiger partial charge in [0.1, 0.15) is 0 Å². The Labute approximate surface area is 287 Å². The molecule has 2 aliphatic heterocycles. The SMILES string of the molecule is [2H]C([2H])([2H])C1=C(CCCl)c2cc3[nH]c(cc4nc(cc5[nH]c(cc1n2)c(C)c5CCC(=O)OC)C(CCC(=O)OC)=C4C([2H])([2H])[2H])c(CCCl)c3C. The van der Waals surface area contributed by atoms with Gasteiger partial charge in [0.15, 0.2) is 0 Å². The number of hydrogen-bond donors (Lipinski definition) is 2. The summed E-state index contributed by atoms with van der Waals surface area (Å²) in [5, 5.41) is 0. The van der Waals surface area contributed by atoms with E-state index in [1.54, 1.807) is 24.3 Å². The third-order valence-electron chi connectivity index (χ3n) is 8.55. The first-order valence-corrected chi connectivity index (χ1v) is 16.1. The van der Waals surface area contributed by atoms with Crippen LogP contribution < -0.4 is 0 Å². The zero-order valence-electron chi connectivity index (χ0n) is 32.2. The summed E-state index contributed by atoms with van der Waals surface area (Å²) in [6, 6.07) is 6.83. The second-order valence-corrected chi connectivity index (χ2v) is 11.9. The Bertz CT molecular complexity index is 2150. The average Bonchev–Trinajstić information content (AvgIpc) is 3.77. The molecule has 0 aromatic carbocycles. The number of halogens is 2. The third-order valence-corrected chi connectivity index (χ3v) is 8.92. The molecule has 3 aromatic rings. The highest BCUT2D eigenvalue weighted by Crippen LogP contribution is 2.37. The highest BCUT2D eigenvalue weighted by atomic mass is 35.5. The summed E-state index contributed by atoms with van der Waals surface area (Å²) in [7, 11) is 2.57. The zero-order valence-corrected chi connectivity index (χ0v) is 27.8. The maximum Gasteiger partial charge on any atom is 0.305 e. The van der Waals surface area contributed by atoms with Gasteiger partial charge in [-0.1, -0.05) is 0 Å². The second-order valence-electron chi connectivity index (χ2n) is 11.2. The lowest BCUT2D eigenvalue weighted by atomic mass is 10.00. The summed E-state index contributed by atoms with van der Waals surface area (Å²) in [5.74, 6) is -0.499. The number of aromatic nitrogens is 4. The number of nitrogens with zero attached hydrogens (tertiary/aromatic N) is 2. The number of hydrogen-bond acceptors (Lipinski definition) is 6. The van der Waals surface area contributed by atoms with E-state index in [1.165, 1.54) is 14.2 Å². The normalized spacial score (nSPS) is 15.5. The number of carbonyl (C=O) groups is 2. The largest absolute Gasteiger partial charge is 0.469 e. The smallest absolute Gasteiger partial charge is 0.305 e. The lowest BCUT2D eigenvalue weighted by molar-refractivity contribution is -0.141. The van der Waals surface area contributed by atoms with Crippen molar-refractivity contribution >= 4 is 79.5 Å². The molecule has 5 heterocycles. The van der Waals surface area contributed by atoms with Gasteiger partial charge in [-0.3, -0.25) is 9.59 Å². The Morgan fingerprint density at radius 1 is 0.674 bits per heavy atom. The molecule has 0 fully saturated rings. The van der Waals surface area contributed by atoms with Crippen LogP contribution in [0.4, 0.5) is 0 Å². The van der Waals surface area contributed by atoms with E-state index in [0.29, 0.717) is 56.6 Å². The molecule has 3 aromatic heterocycles. The van der Waals surface area contributed by atoms with E-state index < -0.39 is 25.6 Å². The predicted molar refractivity (Wildman–Crippen MR) is 187 cm³/mol. The molecule has 0 spiro atoms. The van der Waals surface area contributed by atoms with Crippen LogP contribution in [0.3, 0.4) is 0 Å². The summed E-state index contributed by atoms with van der Waals surface area (Å²) in [5.41, 5.74) is 7.49. The molecule has 0 unspecified atom stereocenters. The fourth-order valence-corrected chi connectivity index (χ4v) is 6.33. The molecular weight excluding hydrogens is 623 g/mol. The van der Waals surface area contributed by atoms with Crippen molar-refractivity contribution in [2.45, 2.75) is 66.1 Å². The molecule has 0 radical (unpaired) electrons. The number of aromatic amines is 2. The van der Waals surface area contributed by atoms with Crippen LogP contribution in [0.2, 0.25) is 0 Å². The Morgan fingerprint density at radius 3 is 1.61 bits per heavy atom. The highest BCUT2D eigenvalue weighted by molar-refractivity contribution is 6.18. The van der Waals surface area contributed by atoms with E-state index in [-0.39, 0.29) is 66.4 Å². The molecular formula is C36H40Cl2N4O4. The number of esters is 2. The summed E-state index contributed by atoms with van der Waals surface area (Å²) in [6.45, 7) is -1.39. The number of fused-ring (bicyclic) bond motifs is 8. The van der Waals surface area contributed by atoms with Crippen LogP contribution in [0, 0.1) is 13.8 Å². The Kier molecular flexibility index (Phi) is 8.13. The molecule has 46 heavy (non-hydrogen) atoms. The molecule has 0 saturated heterocycles. The van der Waals surface area contributed by atoms with Crippen molar-refractivity contribution in [3.05, 3.63) is 69.3 Å². The van der Waals surface area contributed by atoms with E-state index in [4.69, 9.17) is 50.9 Å². The van der Waals surface area contributed by atoms with E-state index in [1.807, 2.05) is 13.8 Å². The van der Waals surface area contributed by atoms with Gasteiger partial charge in [0.25, 0.3) is 0 Å². The topological polar surface area (TPSA) is 110 Å². The van der Waals surface area contributed by atoms with Crippen LogP contribution in [0.5, 0.6) is 0 Å². The van der Waals surface area contributed by atoms with Crippen LogP contribution in [-0.4, -0.2) is 57.9 Å². The fourth-order valence-electron chi connectivity index (χ4n) is 5.96. The van der Waals surface area contributed by atoms with Gasteiger partial charge in [-0.15, -0.1) is 23.2 Å². The number of alkyl halides is 2. The molecule has 10 heteroatoms. The van der Waals surface area contributed by atoms with Crippen LogP contribution >= 0.6 is 23.2 Å². The summed E-state index contributed by atoms with van der Waals surface area (Å²) >= 11 is 12.5. The molecule has 5 rings (SSSR count). The van der Waals surface area contributed by atoms with Crippen molar-refractivity contribution in [1.82, 2.24) is 19.9 Å². The summed E-state index contributed by atoms with van der Waals surface area (Å²) in [6.07, 6.45) is 0.933. The molecule has 8 bridgehead atoms. The first kappa shape index (κ1) is 26.2. The molecule has 0 saturated carbocycles. The van der Waals surface area contributed by atoms with Crippen LogP contribution in [-0.2, 0) is 31.9 Å². The fraction of sp³-hybridized carbons (Fsp3) is 0.389. The maximum absolute atomic E-state index is 12.3. The zero-order chi connectivity index (χ0) is 38.1. The minimum Gasteiger partial charge on any atom is -0.469 e. The minimum atomic E-state index is -2.61. The van der Waals surface area contributed by atoms with E-state index in [0.717, 1.165) is 16.7 Å². The monoisotopic (exact) mass is 668 g/mol. The molecule has 0 atom stereocenters. The number of aryl methyl sites for hydroxylation is 4. The maximum atomic E-state index is 12.3. The van der Waals surface area contributed by atoms with Crippen LogP contribution in [0.25, 0.3) is 44.4 Å². The Balaban J connectivity index is 2.01. The lowest BCUT2D eigenvalue weighted by Gasteiger charge is -2.04. The number of H-pyrrole nitrogens is 2. The van der Waals surface area contributed by atoms with Crippen molar-refractivity contribution < 1.29 is 27.3 Å². The van der Waals surface area contributed by atoms with Crippen molar-refractivity contribution in [3.63, 3.8) is 0 Å². The number of ether oxygens (including phenoxy) is 2. The van der Waals surface area contributed by atoms with E-state index in [2.05, 4.69) is 9.97 Å². The van der Waals surface area contributed by atoms with Crippen molar-refractivity contribution in [1.29, 1.82) is 0 Å². The molecule has 0 aliphatic carbocycles. The van der Waals surface area contributed by atoms with Crippen LogP contribution in [0.15, 0.2) is 24.3 Å². The van der Waals surface area contributed by atoms with Gasteiger partial charge < -0.3 is 19.4 Å². The Hall–Kier alpha value is -3.88.